The van der Waals surface area contributed by atoms with Gasteiger partial charge in [-0.05, 0) is 0 Å². The number of hydrogen-bond donors (Lipinski definition) is 2. The average Bonchev–Trinajstić information content (AvgIpc) is 2.37. The van der Waals surface area contributed by atoms with Gasteiger partial charge in [-0.2, -0.15) is 0 Å². The van der Waals surface area contributed by atoms with E-state index < -0.39 is 6.04 Å². The van der Waals surface area contributed by atoms with Crippen LogP contribution in [0.25, 0.3) is 0 Å². The van der Waals surface area contributed by atoms with Crippen molar-refractivity contribution in [3.05, 3.63) is 18.4 Å². The van der Waals surface area contributed by atoms with Crippen LogP contribution in [0.1, 0.15) is 11.8 Å². The predicted molar refractivity (Wildman–Crippen MR) is 30.5 cm³/mol. The second-order valence-electron chi connectivity index (χ2n) is 1.69. The first-order valence-corrected chi connectivity index (χ1v) is 2.59. The van der Waals surface area contributed by atoms with Crippen LogP contribution in [0.2, 0.25) is 0 Å². The van der Waals surface area contributed by atoms with Crippen LogP contribution in [0.15, 0.2) is 17.0 Å². The quantitative estimate of drug-likeness (QED) is 0.571. The molecule has 0 aliphatic heterocycles. The Kier molecular flexibility index (Phi) is 1.81. The molecule has 0 bridgehead atoms. The molecule has 0 radical (unpaired) electrons. The molecule has 50 valence electrons. The van der Waals surface area contributed by atoms with Crippen LogP contribution in [-0.4, -0.2) is 16.7 Å². The lowest BCUT2D eigenvalue weighted by Crippen LogP contribution is -2.13. The molecule has 1 rings (SSSR count). The van der Waals surface area contributed by atoms with Crippen molar-refractivity contribution in [2.24, 2.45) is 5.73 Å². The van der Waals surface area contributed by atoms with Crippen molar-refractivity contribution in [2.75, 3.05) is 6.61 Å². The fraction of sp³-hybridized carbons (Fsp3) is 0.400. The van der Waals surface area contributed by atoms with Crippen molar-refractivity contribution in [3.8, 4) is 0 Å². The molecule has 9 heavy (non-hydrogen) atoms. The molecule has 1 aromatic heterocycles. The minimum Gasteiger partial charge on any atom is -0.447 e. The van der Waals surface area contributed by atoms with Gasteiger partial charge < -0.3 is 15.3 Å². The highest BCUT2D eigenvalue weighted by Crippen LogP contribution is 2.05. The molecule has 0 fully saturated rings. The minimum absolute atomic E-state index is 0.116. The van der Waals surface area contributed by atoms with Gasteiger partial charge >= 0.3 is 0 Å². The zero-order chi connectivity index (χ0) is 6.69. The third-order valence-corrected chi connectivity index (χ3v) is 1.01. The van der Waals surface area contributed by atoms with Gasteiger partial charge in [-0.15, -0.1) is 0 Å². The molecule has 4 nitrogen and oxygen atoms in total. The Morgan fingerprint density at radius 3 is 3.11 bits per heavy atom. The van der Waals surface area contributed by atoms with Crippen molar-refractivity contribution in [2.45, 2.75) is 6.04 Å². The van der Waals surface area contributed by atoms with Gasteiger partial charge in [0, 0.05) is 0 Å². The van der Waals surface area contributed by atoms with Gasteiger partial charge in [0.2, 0.25) is 0 Å². The summed E-state index contributed by atoms with van der Waals surface area (Å²) in [5.74, 6) is 0.512. The van der Waals surface area contributed by atoms with Crippen molar-refractivity contribution in [3.63, 3.8) is 0 Å². The fourth-order valence-corrected chi connectivity index (χ4v) is 0.499. The van der Waals surface area contributed by atoms with Gasteiger partial charge in [0.1, 0.15) is 5.76 Å². The number of aliphatic hydroxyl groups is 1. The number of nitrogens with zero attached hydrogens (tertiary/aromatic N) is 1. The van der Waals surface area contributed by atoms with Gasteiger partial charge in [-0.3, -0.25) is 0 Å². The zero-order valence-corrected chi connectivity index (χ0v) is 4.82. The van der Waals surface area contributed by atoms with Crippen molar-refractivity contribution >= 4 is 0 Å². The predicted octanol–water partition coefficient (Wildman–Crippen LogP) is -0.333. The van der Waals surface area contributed by atoms with E-state index in [1.165, 1.54) is 12.6 Å². The maximum Gasteiger partial charge on any atom is 0.180 e. The van der Waals surface area contributed by atoms with Crippen molar-refractivity contribution in [1.82, 2.24) is 4.98 Å². The van der Waals surface area contributed by atoms with Crippen molar-refractivity contribution < 1.29 is 9.52 Å². The Hall–Kier alpha value is -0.870. The van der Waals surface area contributed by atoms with E-state index in [4.69, 9.17) is 15.3 Å². The summed E-state index contributed by atoms with van der Waals surface area (Å²) in [4.78, 5) is 3.63. The third-order valence-electron chi connectivity index (χ3n) is 1.01. The number of nitrogens with two attached hydrogens (primary N) is 1. The summed E-state index contributed by atoms with van der Waals surface area (Å²) in [6, 6.07) is -0.438. The number of aliphatic hydroxyl groups excluding tert-OH is 1. The van der Waals surface area contributed by atoms with Gasteiger partial charge in [-0.25, -0.2) is 4.98 Å². The largest absolute Gasteiger partial charge is 0.447 e. The molecule has 0 spiro atoms. The molecule has 1 heterocycles. The number of oxazole rings is 1. The van der Waals surface area contributed by atoms with E-state index in [0.717, 1.165) is 0 Å². The lowest BCUT2D eigenvalue weighted by molar-refractivity contribution is 0.252. The Labute approximate surface area is 52.3 Å². The standard InChI is InChI=1S/C5H8N2O2/c6-4(2-8)5-1-7-3-9-5/h1,3-4,8H,2,6H2/t4-/m1/s1. The average molecular weight is 128 g/mol. The molecule has 0 aliphatic rings. The molecule has 1 atom stereocenters. The first-order valence-electron chi connectivity index (χ1n) is 2.59. The van der Waals surface area contributed by atoms with Crippen LogP contribution in [0.4, 0.5) is 0 Å². The summed E-state index contributed by atoms with van der Waals surface area (Å²) in [5.41, 5.74) is 5.35. The van der Waals surface area contributed by atoms with Crippen LogP contribution in [0.5, 0.6) is 0 Å². The molecule has 0 saturated heterocycles. The van der Waals surface area contributed by atoms with Crippen molar-refractivity contribution in [1.29, 1.82) is 0 Å². The van der Waals surface area contributed by atoms with E-state index in [0.29, 0.717) is 5.76 Å². The van der Waals surface area contributed by atoms with Gasteiger partial charge in [0.25, 0.3) is 0 Å². The lowest BCUT2D eigenvalue weighted by atomic mass is 10.3. The maximum absolute atomic E-state index is 8.49. The zero-order valence-electron chi connectivity index (χ0n) is 4.82. The Balaban J connectivity index is 2.65. The molecular weight excluding hydrogens is 120 g/mol. The molecule has 1 aromatic rings. The Morgan fingerprint density at radius 2 is 2.67 bits per heavy atom. The van der Waals surface area contributed by atoms with E-state index in [1.54, 1.807) is 0 Å². The molecule has 0 aliphatic carbocycles. The second kappa shape index (κ2) is 2.61. The second-order valence-corrected chi connectivity index (χ2v) is 1.69. The Morgan fingerprint density at radius 1 is 1.89 bits per heavy atom. The topological polar surface area (TPSA) is 72.3 Å². The third kappa shape index (κ3) is 1.28. The highest BCUT2D eigenvalue weighted by Gasteiger charge is 2.05. The highest BCUT2D eigenvalue weighted by atomic mass is 16.3. The van der Waals surface area contributed by atoms with E-state index >= 15 is 0 Å². The van der Waals surface area contributed by atoms with Gasteiger partial charge in [0.05, 0.1) is 18.8 Å². The molecule has 0 unspecified atom stereocenters. The molecule has 0 aromatic carbocycles. The summed E-state index contributed by atoms with van der Waals surface area (Å²) in [6.07, 6.45) is 2.77. The first-order chi connectivity index (χ1) is 4.34. The molecule has 3 N–H and O–H groups in total. The number of aromatic nitrogens is 1. The number of hydrogen-bond acceptors (Lipinski definition) is 4. The van der Waals surface area contributed by atoms with Gasteiger partial charge in [-0.1, -0.05) is 0 Å². The van der Waals surface area contributed by atoms with Crippen LogP contribution in [0, 0.1) is 0 Å². The van der Waals surface area contributed by atoms with Crippen LogP contribution >= 0.6 is 0 Å². The smallest absolute Gasteiger partial charge is 0.180 e. The normalized spacial score (nSPS) is 13.6. The molecule has 4 heteroatoms. The van der Waals surface area contributed by atoms with Crippen LogP contribution in [0.3, 0.4) is 0 Å². The molecule has 0 amide bonds. The lowest BCUT2D eigenvalue weighted by Gasteiger charge is -1.99. The maximum atomic E-state index is 8.49. The summed E-state index contributed by atoms with van der Waals surface area (Å²) < 4.78 is 4.79. The van der Waals surface area contributed by atoms with Crippen LogP contribution < -0.4 is 5.73 Å². The van der Waals surface area contributed by atoms with E-state index in [-0.39, 0.29) is 6.61 Å². The summed E-state index contributed by atoms with van der Waals surface area (Å²) in [7, 11) is 0. The highest BCUT2D eigenvalue weighted by molar-refractivity contribution is 4.95. The SMILES string of the molecule is N[C@H](CO)c1cnco1. The van der Waals surface area contributed by atoms with E-state index in [2.05, 4.69) is 4.98 Å². The summed E-state index contributed by atoms with van der Waals surface area (Å²) in [6.45, 7) is -0.116. The van der Waals surface area contributed by atoms with Crippen LogP contribution in [-0.2, 0) is 0 Å². The van der Waals surface area contributed by atoms with Gasteiger partial charge in [0.15, 0.2) is 6.39 Å². The van der Waals surface area contributed by atoms with E-state index in [1.807, 2.05) is 0 Å². The summed E-state index contributed by atoms with van der Waals surface area (Å²) >= 11 is 0. The monoisotopic (exact) mass is 128 g/mol. The fourth-order valence-electron chi connectivity index (χ4n) is 0.499. The molecular formula is C5H8N2O2. The Bertz CT molecular complexity index is 161. The van der Waals surface area contributed by atoms with E-state index in [9.17, 15) is 0 Å². The molecule has 0 saturated carbocycles. The first kappa shape index (κ1) is 6.25. The summed E-state index contributed by atoms with van der Waals surface area (Å²) in [5, 5.41) is 8.49. The minimum atomic E-state index is -0.438. The number of rotatable bonds is 2.